The molecule has 9 nitrogen and oxygen atoms in total. The van der Waals surface area contributed by atoms with Crippen molar-refractivity contribution in [3.8, 4) is 34.7 Å². The largest absolute Gasteiger partial charge is 0.490 e. The summed E-state index contributed by atoms with van der Waals surface area (Å²) in [5, 5.41) is 22.7. The molecule has 0 saturated carbocycles. The normalized spacial score (nSPS) is 14.9. The van der Waals surface area contributed by atoms with Gasteiger partial charge in [-0.2, -0.15) is 23.4 Å². The van der Waals surface area contributed by atoms with Crippen molar-refractivity contribution in [3.05, 3.63) is 53.2 Å². The Morgan fingerprint density at radius 3 is 2.64 bits per heavy atom. The SMILES string of the molecule is CC(C)Oc1ccc(-c2nc(-c3ccc4c(c3)c(C(=O)C(F)(F)F)c3n4CCC3CC(=O)O)no2)cc1C#N. The number of alkyl halides is 3. The molecule has 4 aromatic rings. The molecule has 0 bridgehead atoms. The fourth-order valence-electron chi connectivity index (χ4n) is 4.96. The summed E-state index contributed by atoms with van der Waals surface area (Å²) in [5.41, 5.74) is 0.914. The molecule has 1 unspecified atom stereocenters. The maximum Gasteiger partial charge on any atom is 0.454 e. The second-order valence-electron chi connectivity index (χ2n) is 9.47. The van der Waals surface area contributed by atoms with Gasteiger partial charge in [0.15, 0.2) is 0 Å². The molecule has 1 aliphatic rings. The zero-order valence-corrected chi connectivity index (χ0v) is 20.7. The first-order chi connectivity index (χ1) is 18.5. The lowest BCUT2D eigenvalue weighted by atomic mass is 9.93. The van der Waals surface area contributed by atoms with Gasteiger partial charge in [-0.25, -0.2) is 0 Å². The third-order valence-electron chi connectivity index (χ3n) is 6.49. The number of aryl methyl sites for hydroxylation is 1. The fraction of sp³-hybridized carbons (Fsp3) is 0.296. The van der Waals surface area contributed by atoms with E-state index >= 15 is 0 Å². The predicted octanol–water partition coefficient (Wildman–Crippen LogP) is 5.72. The van der Waals surface area contributed by atoms with Gasteiger partial charge in [-0.1, -0.05) is 5.16 Å². The van der Waals surface area contributed by atoms with Crippen LogP contribution in [0.25, 0.3) is 33.7 Å². The lowest BCUT2D eigenvalue weighted by molar-refractivity contribution is -0.137. The highest BCUT2D eigenvalue weighted by atomic mass is 19.4. The van der Waals surface area contributed by atoms with Crippen LogP contribution in [0.3, 0.4) is 0 Å². The van der Waals surface area contributed by atoms with Crippen LogP contribution in [0.1, 0.15) is 54.2 Å². The number of hydrogen-bond donors (Lipinski definition) is 1. The van der Waals surface area contributed by atoms with Crippen LogP contribution in [-0.4, -0.2) is 43.8 Å². The molecule has 2 aromatic carbocycles. The smallest absolute Gasteiger partial charge is 0.454 e. The lowest BCUT2D eigenvalue weighted by Gasteiger charge is -2.11. The van der Waals surface area contributed by atoms with E-state index in [4.69, 9.17) is 9.26 Å². The van der Waals surface area contributed by atoms with Crippen LogP contribution >= 0.6 is 0 Å². The molecule has 0 fully saturated rings. The van der Waals surface area contributed by atoms with Crippen molar-refractivity contribution in [2.45, 2.75) is 51.4 Å². The maximum absolute atomic E-state index is 13.6. The molecule has 39 heavy (non-hydrogen) atoms. The minimum absolute atomic E-state index is 0.0354. The molecule has 1 N–H and O–H groups in total. The predicted molar refractivity (Wildman–Crippen MR) is 131 cm³/mol. The number of aliphatic carboxylic acids is 1. The van der Waals surface area contributed by atoms with Crippen LogP contribution in [0.4, 0.5) is 13.2 Å². The van der Waals surface area contributed by atoms with Gasteiger partial charge >= 0.3 is 12.1 Å². The van der Waals surface area contributed by atoms with Crippen LogP contribution in [0, 0.1) is 11.3 Å². The molecule has 0 amide bonds. The van der Waals surface area contributed by atoms with E-state index in [1.165, 1.54) is 12.1 Å². The number of ketones is 1. The Kier molecular flexibility index (Phi) is 6.38. The molecule has 5 rings (SSSR count). The Morgan fingerprint density at radius 1 is 1.23 bits per heavy atom. The Morgan fingerprint density at radius 2 is 1.97 bits per heavy atom. The number of nitriles is 1. The van der Waals surface area contributed by atoms with Gasteiger partial charge in [0, 0.05) is 40.2 Å². The number of hydrogen-bond acceptors (Lipinski definition) is 7. The van der Waals surface area contributed by atoms with Crippen molar-refractivity contribution in [1.82, 2.24) is 14.7 Å². The van der Waals surface area contributed by atoms with Crippen LogP contribution in [-0.2, 0) is 11.3 Å². The zero-order chi connectivity index (χ0) is 28.1. The highest BCUT2D eigenvalue weighted by Gasteiger charge is 2.45. The second-order valence-corrected chi connectivity index (χ2v) is 9.47. The highest BCUT2D eigenvalue weighted by molar-refractivity contribution is 6.13. The third kappa shape index (κ3) is 4.71. The molecule has 0 saturated heterocycles. The number of carboxylic acid groups (broad SMARTS) is 1. The van der Waals surface area contributed by atoms with Crippen molar-refractivity contribution in [2.24, 2.45) is 0 Å². The van der Waals surface area contributed by atoms with E-state index in [1.807, 2.05) is 13.8 Å². The minimum atomic E-state index is -5.15. The average Bonchev–Trinajstić information content (AvgIpc) is 3.58. The van der Waals surface area contributed by atoms with Gasteiger partial charge in [-0.15, -0.1) is 0 Å². The first-order valence-electron chi connectivity index (χ1n) is 12.0. The summed E-state index contributed by atoms with van der Waals surface area (Å²) in [4.78, 5) is 28.3. The Hall–Kier alpha value is -4.66. The zero-order valence-electron chi connectivity index (χ0n) is 20.7. The number of carbonyl (C=O) groups is 2. The summed E-state index contributed by atoms with van der Waals surface area (Å²) >= 11 is 0. The molecule has 3 heterocycles. The number of rotatable bonds is 7. The summed E-state index contributed by atoms with van der Waals surface area (Å²) in [6.07, 6.45) is -5.36. The Labute approximate surface area is 219 Å². The van der Waals surface area contributed by atoms with E-state index in [0.29, 0.717) is 35.4 Å². The van der Waals surface area contributed by atoms with Gasteiger partial charge in [-0.3, -0.25) is 9.59 Å². The van der Waals surface area contributed by atoms with Crippen LogP contribution in [0.5, 0.6) is 5.75 Å². The number of ether oxygens (including phenoxy) is 1. The number of carboxylic acids is 1. The number of carbonyl (C=O) groups excluding carboxylic acids is 1. The standard InChI is InChI=1S/C27H21F3N4O5/c1-13(2)38-20-6-4-16(9-17(20)12-31)26-32-25(33-39-26)15-3-5-19-18(10-15)22(24(37)27(28,29)30)23-14(11-21(35)36)7-8-34(19)23/h3-6,9-10,13-14H,7-8,11H2,1-2H3,(H,35,36). The summed E-state index contributed by atoms with van der Waals surface area (Å²) in [6.45, 7) is 3.95. The molecule has 2 aromatic heterocycles. The van der Waals surface area contributed by atoms with Crippen molar-refractivity contribution in [1.29, 1.82) is 5.26 Å². The van der Waals surface area contributed by atoms with Gasteiger partial charge in [0.2, 0.25) is 5.82 Å². The van der Waals surface area contributed by atoms with Crippen LogP contribution in [0.2, 0.25) is 0 Å². The highest BCUT2D eigenvalue weighted by Crippen LogP contribution is 2.43. The van der Waals surface area contributed by atoms with E-state index in [1.54, 1.807) is 28.8 Å². The van der Waals surface area contributed by atoms with Gasteiger partial charge in [0.1, 0.15) is 11.8 Å². The second kappa shape index (κ2) is 9.58. The summed E-state index contributed by atoms with van der Waals surface area (Å²) in [6, 6.07) is 11.4. The molecule has 200 valence electrons. The monoisotopic (exact) mass is 538 g/mol. The number of fused-ring (bicyclic) bond motifs is 3. The number of aromatic nitrogens is 3. The average molecular weight is 538 g/mol. The molecule has 0 radical (unpaired) electrons. The van der Waals surface area contributed by atoms with E-state index in [2.05, 4.69) is 16.2 Å². The first kappa shape index (κ1) is 26.0. The van der Waals surface area contributed by atoms with Crippen molar-refractivity contribution < 1.29 is 37.1 Å². The van der Waals surface area contributed by atoms with E-state index in [-0.39, 0.29) is 40.9 Å². The van der Waals surface area contributed by atoms with Crippen molar-refractivity contribution >= 4 is 22.7 Å². The minimum Gasteiger partial charge on any atom is -0.490 e. The Balaban J connectivity index is 1.58. The molecule has 1 aliphatic heterocycles. The van der Waals surface area contributed by atoms with Gasteiger partial charge in [0.05, 0.1) is 23.7 Å². The van der Waals surface area contributed by atoms with Gasteiger partial charge in [0.25, 0.3) is 11.7 Å². The molecule has 12 heteroatoms. The molecule has 1 atom stereocenters. The molecular weight excluding hydrogens is 517 g/mol. The molecule has 0 spiro atoms. The van der Waals surface area contributed by atoms with Crippen LogP contribution in [0.15, 0.2) is 40.9 Å². The lowest BCUT2D eigenvalue weighted by Crippen LogP contribution is -2.24. The number of halogens is 3. The summed E-state index contributed by atoms with van der Waals surface area (Å²) in [5.74, 6) is -3.39. The molecular formula is C27H21F3N4O5. The quantitative estimate of drug-likeness (QED) is 0.296. The maximum atomic E-state index is 13.6. The van der Waals surface area contributed by atoms with Crippen LogP contribution < -0.4 is 4.74 Å². The van der Waals surface area contributed by atoms with E-state index in [9.17, 15) is 33.1 Å². The Bertz CT molecular complexity index is 1660. The first-order valence-corrected chi connectivity index (χ1v) is 12.0. The molecule has 0 aliphatic carbocycles. The van der Waals surface area contributed by atoms with Crippen molar-refractivity contribution in [2.75, 3.05) is 0 Å². The van der Waals surface area contributed by atoms with Crippen molar-refractivity contribution in [3.63, 3.8) is 0 Å². The number of benzene rings is 2. The third-order valence-corrected chi connectivity index (χ3v) is 6.49. The van der Waals surface area contributed by atoms with Gasteiger partial charge < -0.3 is 18.9 Å². The van der Waals surface area contributed by atoms with E-state index in [0.717, 1.165) is 0 Å². The number of nitrogens with zero attached hydrogens (tertiary/aromatic N) is 4. The topological polar surface area (TPSA) is 131 Å². The number of Topliss-reactive ketones (excluding diaryl/α,β-unsaturated/α-hetero) is 1. The summed E-state index contributed by atoms with van der Waals surface area (Å²) < 4.78 is 53.4. The fourth-order valence-corrected chi connectivity index (χ4v) is 4.96. The van der Waals surface area contributed by atoms with E-state index < -0.39 is 29.4 Å². The van der Waals surface area contributed by atoms with Gasteiger partial charge in [-0.05, 0) is 56.7 Å². The summed E-state index contributed by atoms with van der Waals surface area (Å²) in [7, 11) is 0.